The van der Waals surface area contributed by atoms with Gasteiger partial charge in [0.05, 0.1) is 0 Å². The Morgan fingerprint density at radius 3 is 2.65 bits per heavy atom. The van der Waals surface area contributed by atoms with Crippen LogP contribution >= 0.6 is 0 Å². The maximum absolute atomic E-state index is 13.1. The summed E-state index contributed by atoms with van der Waals surface area (Å²) >= 11 is 0. The molecule has 0 fully saturated rings. The number of nitrogens with zero attached hydrogens (tertiary/aromatic N) is 2. The van der Waals surface area contributed by atoms with Crippen LogP contribution in [0.5, 0.6) is 0 Å². The Hall–Kier alpha value is -3.15. The number of carbonyl (C=O) groups excluding carboxylic acids is 2. The number of anilines is 1. The van der Waals surface area contributed by atoms with Gasteiger partial charge in [0.15, 0.2) is 5.82 Å². The average molecular weight is 351 g/mol. The third-order valence-electron chi connectivity index (χ3n) is 4.03. The summed E-state index contributed by atoms with van der Waals surface area (Å²) in [5.74, 6) is 0.495. The van der Waals surface area contributed by atoms with Crippen LogP contribution in [0.3, 0.4) is 0 Å². The minimum atomic E-state index is -0.305. The number of aryl methyl sites for hydroxylation is 1. The number of aromatic nitrogens is 1. The SMILES string of the molecule is CCCN(CC(=O)Nc1cc(C)on1)C(=O)c1cccc2ccccc12. The van der Waals surface area contributed by atoms with Crippen molar-refractivity contribution in [2.75, 3.05) is 18.4 Å². The van der Waals surface area contributed by atoms with Crippen LogP contribution in [0.1, 0.15) is 29.5 Å². The van der Waals surface area contributed by atoms with Gasteiger partial charge >= 0.3 is 0 Å². The Bertz CT molecular complexity index is 927. The lowest BCUT2D eigenvalue weighted by molar-refractivity contribution is -0.116. The van der Waals surface area contributed by atoms with Gasteiger partial charge in [0.2, 0.25) is 5.91 Å². The number of hydrogen-bond donors (Lipinski definition) is 1. The molecule has 6 nitrogen and oxygen atoms in total. The quantitative estimate of drug-likeness (QED) is 0.736. The Morgan fingerprint density at radius 1 is 1.15 bits per heavy atom. The standard InChI is InChI=1S/C20H21N3O3/c1-3-11-23(13-19(24)21-18-12-14(2)26-22-18)20(25)17-10-6-8-15-7-4-5-9-16(15)17/h4-10,12H,3,11,13H2,1-2H3,(H,21,22,24). The van der Waals surface area contributed by atoms with E-state index in [1.165, 1.54) is 0 Å². The molecule has 134 valence electrons. The normalized spacial score (nSPS) is 10.7. The monoisotopic (exact) mass is 351 g/mol. The molecule has 0 saturated heterocycles. The van der Waals surface area contributed by atoms with E-state index in [-0.39, 0.29) is 18.4 Å². The van der Waals surface area contributed by atoms with E-state index in [1.807, 2.05) is 43.3 Å². The molecule has 0 spiro atoms. The second-order valence-corrected chi connectivity index (χ2v) is 6.12. The van der Waals surface area contributed by atoms with Crippen LogP contribution in [0.2, 0.25) is 0 Å². The summed E-state index contributed by atoms with van der Waals surface area (Å²) in [6.07, 6.45) is 0.757. The molecule has 0 atom stereocenters. The van der Waals surface area contributed by atoms with E-state index in [2.05, 4.69) is 10.5 Å². The number of rotatable bonds is 6. The highest BCUT2D eigenvalue weighted by Crippen LogP contribution is 2.20. The van der Waals surface area contributed by atoms with E-state index in [4.69, 9.17) is 4.52 Å². The third-order valence-corrected chi connectivity index (χ3v) is 4.03. The number of fused-ring (bicyclic) bond motifs is 1. The molecule has 26 heavy (non-hydrogen) atoms. The van der Waals surface area contributed by atoms with Crippen LogP contribution < -0.4 is 5.32 Å². The topological polar surface area (TPSA) is 75.4 Å². The van der Waals surface area contributed by atoms with E-state index < -0.39 is 0 Å². The number of benzene rings is 2. The first-order valence-corrected chi connectivity index (χ1v) is 8.58. The molecule has 0 aliphatic rings. The van der Waals surface area contributed by atoms with Crippen molar-refractivity contribution in [3.8, 4) is 0 Å². The van der Waals surface area contributed by atoms with Gasteiger partial charge in [0, 0.05) is 18.2 Å². The fraction of sp³-hybridized carbons (Fsp3) is 0.250. The summed E-state index contributed by atoms with van der Waals surface area (Å²) in [4.78, 5) is 26.9. The van der Waals surface area contributed by atoms with Crippen molar-refractivity contribution in [3.63, 3.8) is 0 Å². The number of amides is 2. The highest BCUT2D eigenvalue weighted by Gasteiger charge is 2.20. The molecular formula is C20H21N3O3. The summed E-state index contributed by atoms with van der Waals surface area (Å²) < 4.78 is 4.94. The van der Waals surface area contributed by atoms with Gasteiger partial charge in [0.1, 0.15) is 12.3 Å². The van der Waals surface area contributed by atoms with Crippen LogP contribution in [0.4, 0.5) is 5.82 Å². The summed E-state index contributed by atoms with van der Waals surface area (Å²) in [5, 5.41) is 8.28. The van der Waals surface area contributed by atoms with Crippen molar-refractivity contribution >= 4 is 28.4 Å². The molecule has 2 aromatic carbocycles. The van der Waals surface area contributed by atoms with Crippen molar-refractivity contribution < 1.29 is 14.1 Å². The Kier molecular flexibility index (Phi) is 5.31. The van der Waals surface area contributed by atoms with Crippen LogP contribution in [0.15, 0.2) is 53.1 Å². The molecule has 0 saturated carbocycles. The zero-order chi connectivity index (χ0) is 18.5. The van der Waals surface area contributed by atoms with Gasteiger partial charge < -0.3 is 14.7 Å². The van der Waals surface area contributed by atoms with Gasteiger partial charge in [-0.15, -0.1) is 0 Å². The summed E-state index contributed by atoms with van der Waals surface area (Å²) in [6, 6.07) is 15.0. The Labute approximate surface area is 151 Å². The molecule has 0 unspecified atom stereocenters. The average Bonchev–Trinajstić information content (AvgIpc) is 3.05. The van der Waals surface area contributed by atoms with Crippen molar-refractivity contribution in [2.45, 2.75) is 20.3 Å². The molecule has 3 rings (SSSR count). The molecule has 0 bridgehead atoms. The second-order valence-electron chi connectivity index (χ2n) is 6.12. The first-order chi connectivity index (χ1) is 12.6. The molecule has 1 heterocycles. The van der Waals surface area contributed by atoms with Gasteiger partial charge in [-0.3, -0.25) is 9.59 Å². The highest BCUT2D eigenvalue weighted by atomic mass is 16.5. The van der Waals surface area contributed by atoms with Crippen molar-refractivity contribution in [1.82, 2.24) is 10.1 Å². The Balaban J connectivity index is 1.80. The van der Waals surface area contributed by atoms with E-state index in [0.717, 1.165) is 17.2 Å². The highest BCUT2D eigenvalue weighted by molar-refractivity contribution is 6.08. The molecule has 3 aromatic rings. The first kappa shape index (κ1) is 17.7. The zero-order valence-corrected chi connectivity index (χ0v) is 14.9. The molecule has 1 aromatic heterocycles. The maximum atomic E-state index is 13.1. The maximum Gasteiger partial charge on any atom is 0.254 e. The summed E-state index contributed by atoms with van der Waals surface area (Å²) in [6.45, 7) is 4.17. The first-order valence-electron chi connectivity index (χ1n) is 8.58. The second kappa shape index (κ2) is 7.82. The number of hydrogen-bond acceptors (Lipinski definition) is 4. The van der Waals surface area contributed by atoms with Gasteiger partial charge in [-0.2, -0.15) is 0 Å². The lowest BCUT2D eigenvalue weighted by Crippen LogP contribution is -2.38. The fourth-order valence-electron chi connectivity index (χ4n) is 2.89. The van der Waals surface area contributed by atoms with Gasteiger partial charge in [0.25, 0.3) is 5.91 Å². The minimum Gasteiger partial charge on any atom is -0.360 e. The van der Waals surface area contributed by atoms with Crippen LogP contribution in [0.25, 0.3) is 10.8 Å². The van der Waals surface area contributed by atoms with Crippen LogP contribution in [-0.2, 0) is 4.79 Å². The lowest BCUT2D eigenvalue weighted by atomic mass is 10.0. The molecule has 0 aliphatic carbocycles. The zero-order valence-electron chi connectivity index (χ0n) is 14.9. The molecule has 0 radical (unpaired) electrons. The van der Waals surface area contributed by atoms with E-state index in [9.17, 15) is 9.59 Å². The van der Waals surface area contributed by atoms with Crippen LogP contribution in [-0.4, -0.2) is 35.0 Å². The van der Waals surface area contributed by atoms with Crippen molar-refractivity contribution in [3.05, 3.63) is 59.9 Å². The molecule has 2 amide bonds. The van der Waals surface area contributed by atoms with Gasteiger partial charge in [-0.05, 0) is 30.2 Å². The Morgan fingerprint density at radius 2 is 1.92 bits per heavy atom. The predicted molar refractivity (Wildman–Crippen MR) is 100 cm³/mol. The number of nitrogens with one attached hydrogen (secondary N) is 1. The van der Waals surface area contributed by atoms with E-state index in [1.54, 1.807) is 24.0 Å². The largest absolute Gasteiger partial charge is 0.360 e. The fourth-order valence-corrected chi connectivity index (χ4v) is 2.89. The molecule has 6 heteroatoms. The minimum absolute atomic E-state index is 0.0399. The van der Waals surface area contributed by atoms with Gasteiger partial charge in [-0.25, -0.2) is 0 Å². The predicted octanol–water partition coefficient (Wildman–Crippen LogP) is 3.63. The summed E-state index contributed by atoms with van der Waals surface area (Å²) in [5.41, 5.74) is 0.599. The van der Waals surface area contributed by atoms with E-state index in [0.29, 0.717) is 23.7 Å². The third kappa shape index (κ3) is 3.91. The smallest absolute Gasteiger partial charge is 0.254 e. The van der Waals surface area contributed by atoms with Crippen LogP contribution in [0, 0.1) is 6.92 Å². The molecule has 1 N–H and O–H groups in total. The molecule has 0 aliphatic heterocycles. The van der Waals surface area contributed by atoms with Gasteiger partial charge in [-0.1, -0.05) is 48.5 Å². The molecular weight excluding hydrogens is 330 g/mol. The number of carbonyl (C=O) groups is 2. The van der Waals surface area contributed by atoms with Crippen molar-refractivity contribution in [2.24, 2.45) is 0 Å². The van der Waals surface area contributed by atoms with E-state index >= 15 is 0 Å². The lowest BCUT2D eigenvalue weighted by Gasteiger charge is -2.22. The van der Waals surface area contributed by atoms with Crippen molar-refractivity contribution in [1.29, 1.82) is 0 Å². The summed E-state index contributed by atoms with van der Waals surface area (Å²) in [7, 11) is 0.